The Labute approximate surface area is 212 Å². The van der Waals surface area contributed by atoms with E-state index in [2.05, 4.69) is 13.2 Å². The van der Waals surface area contributed by atoms with Crippen molar-refractivity contribution in [3.8, 4) is 0 Å². The highest BCUT2D eigenvalue weighted by Crippen LogP contribution is 2.43. The largest absolute Gasteiger partial charge is 0.462 e. The normalized spacial score (nSPS) is 25.4. The van der Waals surface area contributed by atoms with Gasteiger partial charge in [-0.15, -0.1) is 70.6 Å². The Morgan fingerprint density at radius 1 is 0.839 bits per heavy atom. The van der Waals surface area contributed by atoms with Crippen LogP contribution in [-0.2, 0) is 19.1 Å². The molecule has 0 aromatic carbocycles. The van der Waals surface area contributed by atoms with Gasteiger partial charge >= 0.3 is 11.9 Å². The number of carbonyl (C=O) groups is 2. The van der Waals surface area contributed by atoms with Crippen LogP contribution < -0.4 is 0 Å². The summed E-state index contributed by atoms with van der Waals surface area (Å²) < 4.78 is 11.7. The maximum Gasteiger partial charge on any atom is 0.333 e. The summed E-state index contributed by atoms with van der Waals surface area (Å²) in [5.74, 6) is 4.07. The molecule has 2 fully saturated rings. The predicted molar refractivity (Wildman–Crippen MR) is 146 cm³/mol. The number of hydrogen-bond acceptors (Lipinski definition) is 10. The van der Waals surface area contributed by atoms with Crippen LogP contribution in [0.2, 0.25) is 0 Å². The Morgan fingerprint density at radius 2 is 1.26 bits per heavy atom. The third-order valence-electron chi connectivity index (χ3n) is 4.34. The van der Waals surface area contributed by atoms with Crippen molar-refractivity contribution in [2.24, 2.45) is 0 Å². The standard InChI is InChI=1S/C21H32O4S6/c1-14(2)20(22)24-7-5-16-9-28-18(30-16)11-26-13-27-12-19-29-10-17(31-19)6-8-25-21(23)15(3)4/h16-19H,1,3,5-13H2,2,4H3. The molecule has 0 radical (unpaired) electrons. The van der Waals surface area contributed by atoms with Crippen LogP contribution in [0.1, 0.15) is 26.7 Å². The Bertz CT molecular complexity index is 577. The fourth-order valence-corrected chi connectivity index (χ4v) is 12.5. The lowest BCUT2D eigenvalue weighted by Gasteiger charge is -2.12. The van der Waals surface area contributed by atoms with Gasteiger partial charge in [-0.25, -0.2) is 9.59 Å². The lowest BCUT2D eigenvalue weighted by atomic mass is 10.3. The zero-order chi connectivity index (χ0) is 22.6. The quantitative estimate of drug-likeness (QED) is 0.117. The lowest BCUT2D eigenvalue weighted by molar-refractivity contribution is -0.139. The van der Waals surface area contributed by atoms with E-state index in [4.69, 9.17) is 9.47 Å². The van der Waals surface area contributed by atoms with Crippen LogP contribution in [0.3, 0.4) is 0 Å². The Hall–Kier alpha value is 0.520. The van der Waals surface area contributed by atoms with Crippen molar-refractivity contribution in [3.63, 3.8) is 0 Å². The van der Waals surface area contributed by atoms with Crippen LogP contribution in [0, 0.1) is 0 Å². The average Bonchev–Trinajstić information content (AvgIpc) is 3.37. The molecule has 31 heavy (non-hydrogen) atoms. The zero-order valence-electron chi connectivity index (χ0n) is 18.2. The summed E-state index contributed by atoms with van der Waals surface area (Å²) in [5.41, 5.74) is 0.934. The minimum Gasteiger partial charge on any atom is -0.462 e. The van der Waals surface area contributed by atoms with Crippen molar-refractivity contribution in [3.05, 3.63) is 24.3 Å². The molecule has 0 aromatic rings. The van der Waals surface area contributed by atoms with Gasteiger partial charge in [0, 0.05) is 49.7 Å². The molecule has 2 aliphatic heterocycles. The third kappa shape index (κ3) is 11.5. The van der Waals surface area contributed by atoms with Gasteiger partial charge in [-0.2, -0.15) is 0 Å². The fourth-order valence-electron chi connectivity index (χ4n) is 2.65. The number of ether oxygens (including phenoxy) is 2. The van der Waals surface area contributed by atoms with Gasteiger partial charge in [0.1, 0.15) is 0 Å². The second kappa shape index (κ2) is 15.4. The van der Waals surface area contributed by atoms with E-state index in [9.17, 15) is 9.59 Å². The molecule has 2 rings (SSSR count). The number of rotatable bonds is 14. The number of carbonyl (C=O) groups excluding carboxylic acids is 2. The van der Waals surface area contributed by atoms with Crippen LogP contribution >= 0.6 is 70.6 Å². The molecule has 0 bridgehead atoms. The van der Waals surface area contributed by atoms with E-state index >= 15 is 0 Å². The van der Waals surface area contributed by atoms with Gasteiger partial charge < -0.3 is 9.47 Å². The molecule has 4 nitrogen and oxygen atoms in total. The van der Waals surface area contributed by atoms with Crippen molar-refractivity contribution >= 4 is 82.5 Å². The first kappa shape index (κ1) is 27.8. The maximum atomic E-state index is 11.4. The number of hydrogen-bond donors (Lipinski definition) is 0. The van der Waals surface area contributed by atoms with Gasteiger partial charge in [-0.05, 0) is 26.7 Å². The molecular weight excluding hydrogens is 509 g/mol. The summed E-state index contributed by atoms with van der Waals surface area (Å²) in [7, 11) is 0. The molecule has 2 heterocycles. The molecule has 4 atom stereocenters. The summed E-state index contributed by atoms with van der Waals surface area (Å²) >= 11 is 12.2. The summed E-state index contributed by atoms with van der Waals surface area (Å²) in [6.45, 7) is 11.6. The summed E-state index contributed by atoms with van der Waals surface area (Å²) in [4.78, 5) is 22.9. The van der Waals surface area contributed by atoms with Gasteiger partial charge in [0.2, 0.25) is 0 Å². The topological polar surface area (TPSA) is 52.6 Å². The lowest BCUT2D eigenvalue weighted by Crippen LogP contribution is -2.11. The molecule has 176 valence electrons. The molecule has 10 heteroatoms. The second-order valence-corrected chi connectivity index (χ2v) is 15.8. The molecule has 0 amide bonds. The van der Waals surface area contributed by atoms with Crippen molar-refractivity contribution < 1.29 is 19.1 Å². The van der Waals surface area contributed by atoms with Crippen molar-refractivity contribution in [2.75, 3.05) is 41.3 Å². The second-order valence-electron chi connectivity index (χ2n) is 7.31. The van der Waals surface area contributed by atoms with Crippen LogP contribution in [0.25, 0.3) is 0 Å². The Kier molecular flexibility index (Phi) is 13.8. The maximum absolute atomic E-state index is 11.4. The molecule has 0 N–H and O–H groups in total. The monoisotopic (exact) mass is 540 g/mol. The van der Waals surface area contributed by atoms with E-state index in [1.165, 1.54) is 11.5 Å². The number of thioether (sulfide) groups is 6. The molecule has 0 aromatic heterocycles. The predicted octanol–water partition coefficient (Wildman–Crippen LogP) is 5.78. The highest BCUT2D eigenvalue weighted by atomic mass is 32.2. The minimum absolute atomic E-state index is 0.282. The molecule has 0 saturated carbocycles. The summed E-state index contributed by atoms with van der Waals surface area (Å²) in [6, 6.07) is 0. The Balaban J connectivity index is 1.44. The van der Waals surface area contributed by atoms with E-state index in [-0.39, 0.29) is 11.9 Å². The first-order valence-electron chi connectivity index (χ1n) is 10.2. The molecule has 0 spiro atoms. The first-order valence-corrected chi connectivity index (χ1v) is 16.5. The van der Waals surface area contributed by atoms with Crippen LogP contribution in [0.5, 0.6) is 0 Å². The van der Waals surface area contributed by atoms with Crippen molar-refractivity contribution in [1.29, 1.82) is 0 Å². The van der Waals surface area contributed by atoms with Gasteiger partial charge in [0.25, 0.3) is 0 Å². The average molecular weight is 541 g/mol. The molecule has 2 aliphatic rings. The van der Waals surface area contributed by atoms with Crippen LogP contribution in [0.15, 0.2) is 24.3 Å². The molecule has 0 aliphatic carbocycles. The van der Waals surface area contributed by atoms with Gasteiger partial charge in [0.15, 0.2) is 0 Å². The molecular formula is C21H32O4S6. The Morgan fingerprint density at radius 3 is 1.65 bits per heavy atom. The van der Waals surface area contributed by atoms with E-state index in [1.807, 2.05) is 70.6 Å². The fraction of sp³-hybridized carbons (Fsp3) is 0.714. The van der Waals surface area contributed by atoms with Gasteiger partial charge in [0.05, 0.1) is 22.4 Å². The third-order valence-corrected chi connectivity index (χ3v) is 14.3. The zero-order valence-corrected chi connectivity index (χ0v) is 23.1. The van der Waals surface area contributed by atoms with Gasteiger partial charge in [-0.1, -0.05) is 13.2 Å². The van der Waals surface area contributed by atoms with E-state index < -0.39 is 0 Å². The number of esters is 2. The van der Waals surface area contributed by atoms with Crippen LogP contribution in [0.4, 0.5) is 0 Å². The van der Waals surface area contributed by atoms with E-state index in [0.717, 1.165) is 29.4 Å². The highest BCUT2D eigenvalue weighted by molar-refractivity contribution is 8.23. The molecule has 2 saturated heterocycles. The summed E-state index contributed by atoms with van der Waals surface area (Å²) in [5, 5.41) is 2.30. The minimum atomic E-state index is -0.282. The summed E-state index contributed by atoms with van der Waals surface area (Å²) in [6.07, 6.45) is 1.85. The smallest absolute Gasteiger partial charge is 0.333 e. The first-order chi connectivity index (χ1) is 14.8. The van der Waals surface area contributed by atoms with Crippen molar-refractivity contribution in [1.82, 2.24) is 0 Å². The van der Waals surface area contributed by atoms with Crippen LogP contribution in [-0.4, -0.2) is 72.9 Å². The SMILES string of the molecule is C=C(C)C(=O)OCCC1CSC(CSCSCC2SCC(CCOC(=O)C(=C)C)S2)S1. The van der Waals surface area contributed by atoms with E-state index in [1.54, 1.807) is 13.8 Å². The van der Waals surface area contributed by atoms with Crippen molar-refractivity contribution in [2.45, 2.75) is 46.4 Å². The van der Waals surface area contributed by atoms with Gasteiger partial charge in [-0.3, -0.25) is 0 Å². The molecule has 4 unspecified atom stereocenters. The highest BCUT2D eigenvalue weighted by Gasteiger charge is 2.27. The van der Waals surface area contributed by atoms with E-state index in [0.29, 0.717) is 44.0 Å².